The molecule has 0 radical (unpaired) electrons. The lowest BCUT2D eigenvalue weighted by Gasteiger charge is -2.22. The highest BCUT2D eigenvalue weighted by Crippen LogP contribution is 2.30. The van der Waals surface area contributed by atoms with Gasteiger partial charge in [0.1, 0.15) is 0 Å². The van der Waals surface area contributed by atoms with E-state index >= 15 is 0 Å². The molecule has 5 nitrogen and oxygen atoms in total. The maximum absolute atomic E-state index is 12.2. The van der Waals surface area contributed by atoms with Crippen LogP contribution in [0.25, 0.3) is 0 Å². The number of rotatable bonds is 8. The quantitative estimate of drug-likeness (QED) is 0.413. The summed E-state index contributed by atoms with van der Waals surface area (Å²) >= 11 is 0. The van der Waals surface area contributed by atoms with E-state index in [1.165, 1.54) is 0 Å². The number of benzene rings is 3. The van der Waals surface area contributed by atoms with Crippen molar-refractivity contribution in [2.24, 2.45) is 0 Å². The van der Waals surface area contributed by atoms with E-state index in [9.17, 15) is 4.79 Å². The third-order valence-electron chi connectivity index (χ3n) is 4.47. The van der Waals surface area contributed by atoms with Crippen molar-refractivity contribution in [3.05, 3.63) is 95.6 Å². The van der Waals surface area contributed by atoms with Crippen molar-refractivity contribution in [2.45, 2.75) is 6.04 Å². The van der Waals surface area contributed by atoms with Crippen LogP contribution in [0, 0.1) is 0 Å². The largest absolute Gasteiger partial charge is 0.397 e. The Labute approximate surface area is 165 Å². The van der Waals surface area contributed by atoms with Crippen LogP contribution in [0.1, 0.15) is 27.5 Å². The van der Waals surface area contributed by atoms with Crippen molar-refractivity contribution >= 4 is 17.3 Å². The van der Waals surface area contributed by atoms with Crippen LogP contribution in [0.15, 0.2) is 78.9 Å². The average molecular weight is 375 g/mol. The normalized spacial score (nSPS) is 10.6. The summed E-state index contributed by atoms with van der Waals surface area (Å²) in [4.78, 5) is 12.2. The van der Waals surface area contributed by atoms with Crippen molar-refractivity contribution in [3.8, 4) is 0 Å². The summed E-state index contributed by atoms with van der Waals surface area (Å²) < 4.78 is 4.95. The molecule has 0 saturated carbocycles. The van der Waals surface area contributed by atoms with Gasteiger partial charge in [-0.25, -0.2) is 0 Å². The zero-order chi connectivity index (χ0) is 19.8. The zero-order valence-electron chi connectivity index (χ0n) is 15.9. The number of hydrogen-bond donors (Lipinski definition) is 3. The minimum atomic E-state index is -0.169. The monoisotopic (exact) mass is 375 g/mol. The first-order chi connectivity index (χ1) is 13.7. The first-order valence-electron chi connectivity index (χ1n) is 9.22. The summed E-state index contributed by atoms with van der Waals surface area (Å²) in [6.45, 7) is 0.927. The SMILES string of the molecule is COCCNC(=O)c1ccc(NC(c2ccccc2)c2ccccc2)c(N)c1. The van der Waals surface area contributed by atoms with Crippen molar-refractivity contribution in [1.29, 1.82) is 0 Å². The van der Waals surface area contributed by atoms with Crippen molar-refractivity contribution in [2.75, 3.05) is 31.3 Å². The fourth-order valence-corrected chi connectivity index (χ4v) is 3.01. The lowest BCUT2D eigenvalue weighted by Crippen LogP contribution is -2.27. The van der Waals surface area contributed by atoms with Gasteiger partial charge in [0.05, 0.1) is 24.0 Å². The highest BCUT2D eigenvalue weighted by Gasteiger charge is 2.16. The Morgan fingerprint density at radius 2 is 1.57 bits per heavy atom. The third-order valence-corrected chi connectivity index (χ3v) is 4.47. The standard InChI is InChI=1S/C23H25N3O2/c1-28-15-14-25-23(27)19-12-13-21(20(24)16-19)26-22(17-8-4-2-5-9-17)18-10-6-3-7-11-18/h2-13,16,22,26H,14-15,24H2,1H3,(H,25,27). The third kappa shape index (κ3) is 4.90. The van der Waals surface area contributed by atoms with Gasteiger partial charge >= 0.3 is 0 Å². The smallest absolute Gasteiger partial charge is 0.251 e. The minimum Gasteiger partial charge on any atom is -0.397 e. The predicted molar refractivity (Wildman–Crippen MR) is 113 cm³/mol. The molecule has 4 N–H and O–H groups in total. The van der Waals surface area contributed by atoms with Gasteiger partial charge in [0, 0.05) is 19.2 Å². The number of carbonyl (C=O) groups excluding carboxylic acids is 1. The van der Waals surface area contributed by atoms with Crippen LogP contribution < -0.4 is 16.4 Å². The summed E-state index contributed by atoms with van der Waals surface area (Å²) in [5, 5.41) is 6.32. The zero-order valence-corrected chi connectivity index (χ0v) is 15.9. The van der Waals surface area contributed by atoms with Gasteiger partial charge in [0.15, 0.2) is 0 Å². The lowest BCUT2D eigenvalue weighted by molar-refractivity contribution is 0.0937. The molecule has 0 saturated heterocycles. The number of ether oxygens (including phenoxy) is 1. The number of nitrogen functional groups attached to an aromatic ring is 1. The molecule has 0 fully saturated rings. The molecule has 0 aliphatic rings. The van der Waals surface area contributed by atoms with Crippen LogP contribution in [0.5, 0.6) is 0 Å². The van der Waals surface area contributed by atoms with E-state index in [2.05, 4.69) is 34.9 Å². The average Bonchev–Trinajstić information content (AvgIpc) is 2.74. The maximum Gasteiger partial charge on any atom is 0.251 e. The summed E-state index contributed by atoms with van der Waals surface area (Å²) in [7, 11) is 1.60. The van der Waals surface area contributed by atoms with Crippen molar-refractivity contribution in [3.63, 3.8) is 0 Å². The van der Waals surface area contributed by atoms with Crippen LogP contribution in [0.4, 0.5) is 11.4 Å². The Kier molecular flexibility index (Phi) is 6.65. The molecule has 0 heterocycles. The van der Waals surface area contributed by atoms with Crippen LogP contribution in [0.3, 0.4) is 0 Å². The van der Waals surface area contributed by atoms with E-state index in [-0.39, 0.29) is 11.9 Å². The number of nitrogens with two attached hydrogens (primary N) is 1. The minimum absolute atomic E-state index is 0.0499. The number of anilines is 2. The van der Waals surface area contributed by atoms with Crippen LogP contribution in [-0.2, 0) is 4.74 Å². The molecule has 3 aromatic rings. The molecule has 0 spiro atoms. The van der Waals surface area contributed by atoms with Gasteiger partial charge in [-0.3, -0.25) is 4.79 Å². The number of methoxy groups -OCH3 is 1. The molecular weight excluding hydrogens is 350 g/mol. The van der Waals surface area contributed by atoms with Gasteiger partial charge in [-0.15, -0.1) is 0 Å². The van der Waals surface area contributed by atoms with Gasteiger partial charge in [-0.05, 0) is 29.3 Å². The fourth-order valence-electron chi connectivity index (χ4n) is 3.01. The Morgan fingerprint density at radius 3 is 2.11 bits per heavy atom. The van der Waals surface area contributed by atoms with Crippen molar-refractivity contribution in [1.82, 2.24) is 5.32 Å². The molecule has 0 aromatic heterocycles. The van der Waals surface area contributed by atoms with Crippen LogP contribution >= 0.6 is 0 Å². The maximum atomic E-state index is 12.2. The number of amides is 1. The second-order valence-electron chi connectivity index (χ2n) is 6.45. The van der Waals surface area contributed by atoms with Crippen LogP contribution in [0.2, 0.25) is 0 Å². The lowest BCUT2D eigenvalue weighted by atomic mass is 9.98. The van der Waals surface area contributed by atoms with E-state index < -0.39 is 0 Å². The van der Waals surface area contributed by atoms with Gasteiger partial charge in [0.25, 0.3) is 5.91 Å². The molecule has 0 atom stereocenters. The van der Waals surface area contributed by atoms with E-state index in [1.807, 2.05) is 42.5 Å². The fraction of sp³-hybridized carbons (Fsp3) is 0.174. The summed E-state index contributed by atoms with van der Waals surface area (Å²) in [6, 6.07) is 25.7. The summed E-state index contributed by atoms with van der Waals surface area (Å²) in [6.07, 6.45) is 0. The van der Waals surface area contributed by atoms with Gasteiger partial charge in [-0.1, -0.05) is 60.7 Å². The molecule has 0 unspecified atom stereocenters. The molecule has 0 aliphatic carbocycles. The highest BCUT2D eigenvalue weighted by molar-refractivity contribution is 5.96. The van der Waals surface area contributed by atoms with Gasteiger partial charge in [-0.2, -0.15) is 0 Å². The second-order valence-corrected chi connectivity index (χ2v) is 6.45. The molecule has 3 aromatic carbocycles. The molecule has 28 heavy (non-hydrogen) atoms. The second kappa shape index (κ2) is 9.58. The Balaban J connectivity index is 1.82. The van der Waals surface area contributed by atoms with E-state index in [4.69, 9.17) is 10.5 Å². The van der Waals surface area contributed by atoms with E-state index in [0.29, 0.717) is 24.4 Å². The van der Waals surface area contributed by atoms with Gasteiger partial charge in [0.2, 0.25) is 0 Å². The number of carbonyl (C=O) groups is 1. The number of nitrogens with one attached hydrogen (secondary N) is 2. The van der Waals surface area contributed by atoms with E-state index in [1.54, 1.807) is 19.2 Å². The Morgan fingerprint density at radius 1 is 0.964 bits per heavy atom. The first-order valence-corrected chi connectivity index (χ1v) is 9.22. The van der Waals surface area contributed by atoms with E-state index in [0.717, 1.165) is 16.8 Å². The highest BCUT2D eigenvalue weighted by atomic mass is 16.5. The summed E-state index contributed by atoms with van der Waals surface area (Å²) in [5.74, 6) is -0.169. The topological polar surface area (TPSA) is 76.4 Å². The molecule has 144 valence electrons. The Bertz CT molecular complexity index is 859. The molecule has 3 rings (SSSR count). The number of hydrogen-bond acceptors (Lipinski definition) is 4. The predicted octanol–water partition coefficient (Wildman–Crippen LogP) is 3.85. The van der Waals surface area contributed by atoms with Crippen LogP contribution in [-0.4, -0.2) is 26.2 Å². The van der Waals surface area contributed by atoms with Crippen molar-refractivity contribution < 1.29 is 9.53 Å². The molecule has 0 aliphatic heterocycles. The summed E-state index contributed by atoms with van der Waals surface area (Å²) in [5.41, 5.74) is 10.3. The van der Waals surface area contributed by atoms with Gasteiger partial charge < -0.3 is 21.1 Å². The molecule has 1 amide bonds. The first kappa shape index (κ1) is 19.5. The molecular formula is C23H25N3O2. The Hall–Kier alpha value is -3.31. The molecule has 0 bridgehead atoms. The molecule has 5 heteroatoms.